The summed E-state index contributed by atoms with van der Waals surface area (Å²) >= 11 is 8.66. The largest absolute Gasteiger partial charge is 0.276 e. The number of hydrazine groups is 1. The summed E-state index contributed by atoms with van der Waals surface area (Å²) in [7, 11) is 1.91. The molecule has 0 bridgehead atoms. The van der Waals surface area contributed by atoms with Gasteiger partial charge in [0.1, 0.15) is 0 Å². The van der Waals surface area contributed by atoms with Gasteiger partial charge in [-0.1, -0.05) is 0 Å². The molecule has 2 rings (SSSR count). The van der Waals surface area contributed by atoms with E-state index in [1.54, 1.807) is 16.0 Å². The highest BCUT2D eigenvalue weighted by Crippen LogP contribution is 2.36. The van der Waals surface area contributed by atoms with E-state index in [1.807, 2.05) is 19.3 Å². The molecule has 17 heavy (non-hydrogen) atoms. The number of thiophene rings is 1. The molecule has 0 aromatic carbocycles. The van der Waals surface area contributed by atoms with Crippen LogP contribution in [0.4, 0.5) is 0 Å². The first-order valence-electron chi connectivity index (χ1n) is 4.99. The van der Waals surface area contributed by atoms with Gasteiger partial charge in [0.15, 0.2) is 0 Å². The third kappa shape index (κ3) is 3.17. The van der Waals surface area contributed by atoms with Crippen molar-refractivity contribution in [2.75, 3.05) is 0 Å². The van der Waals surface area contributed by atoms with Crippen molar-refractivity contribution in [3.63, 3.8) is 0 Å². The predicted molar refractivity (Wildman–Crippen MR) is 76.7 cm³/mol. The molecule has 1 unspecified atom stereocenters. The minimum atomic E-state index is 0.0572. The Morgan fingerprint density at radius 2 is 2.35 bits per heavy atom. The van der Waals surface area contributed by atoms with Gasteiger partial charge in [-0.25, -0.2) is 0 Å². The molecular formula is C10H12Br2N4S. The van der Waals surface area contributed by atoms with Crippen molar-refractivity contribution >= 4 is 43.2 Å². The van der Waals surface area contributed by atoms with Crippen molar-refractivity contribution < 1.29 is 0 Å². The molecule has 2 aromatic heterocycles. The van der Waals surface area contributed by atoms with Crippen LogP contribution in [0.25, 0.3) is 0 Å². The fourth-order valence-corrected chi connectivity index (χ4v) is 4.60. The van der Waals surface area contributed by atoms with E-state index in [9.17, 15) is 0 Å². The summed E-state index contributed by atoms with van der Waals surface area (Å²) in [5.74, 6) is 5.62. The predicted octanol–water partition coefficient (Wildman–Crippen LogP) is 2.75. The first-order valence-corrected chi connectivity index (χ1v) is 7.39. The lowest BCUT2D eigenvalue weighted by atomic mass is 10.1. The molecule has 7 heteroatoms. The van der Waals surface area contributed by atoms with Crippen molar-refractivity contribution in [3.8, 4) is 0 Å². The Bertz CT molecular complexity index is 508. The summed E-state index contributed by atoms with van der Waals surface area (Å²) in [4.78, 5) is 0. The highest BCUT2D eigenvalue weighted by Gasteiger charge is 2.17. The van der Waals surface area contributed by atoms with Crippen LogP contribution in [0.5, 0.6) is 0 Å². The number of rotatable bonds is 4. The molecule has 2 aromatic rings. The zero-order chi connectivity index (χ0) is 12.4. The van der Waals surface area contributed by atoms with Gasteiger partial charge in [-0.2, -0.15) is 5.10 Å². The number of halogens is 2. The molecule has 0 fully saturated rings. The summed E-state index contributed by atoms with van der Waals surface area (Å²) in [6, 6.07) is 4.13. The second-order valence-corrected chi connectivity index (χ2v) is 7.43. The number of nitrogens with one attached hydrogen (secondary N) is 1. The van der Waals surface area contributed by atoms with Crippen LogP contribution >= 0.6 is 43.2 Å². The van der Waals surface area contributed by atoms with Crippen LogP contribution in [0.3, 0.4) is 0 Å². The maximum absolute atomic E-state index is 5.62. The van der Waals surface area contributed by atoms with Crippen molar-refractivity contribution in [2.24, 2.45) is 12.9 Å². The Morgan fingerprint density at radius 1 is 1.59 bits per heavy atom. The SMILES string of the molecule is Cn1ccc(CC(NN)c2cc(Br)sc2Br)n1. The van der Waals surface area contributed by atoms with E-state index in [1.165, 1.54) is 0 Å². The third-order valence-electron chi connectivity index (χ3n) is 2.44. The van der Waals surface area contributed by atoms with E-state index in [0.717, 1.165) is 25.3 Å². The molecule has 0 saturated heterocycles. The van der Waals surface area contributed by atoms with E-state index >= 15 is 0 Å². The average Bonchev–Trinajstić information content (AvgIpc) is 2.82. The van der Waals surface area contributed by atoms with Crippen LogP contribution < -0.4 is 11.3 Å². The monoisotopic (exact) mass is 378 g/mol. The Morgan fingerprint density at radius 3 is 2.82 bits per heavy atom. The molecule has 0 aliphatic carbocycles. The number of aromatic nitrogens is 2. The van der Waals surface area contributed by atoms with E-state index in [4.69, 9.17) is 5.84 Å². The Kier molecular flexibility index (Phi) is 4.37. The van der Waals surface area contributed by atoms with E-state index in [-0.39, 0.29) is 6.04 Å². The summed E-state index contributed by atoms with van der Waals surface area (Å²) < 4.78 is 3.96. The molecule has 92 valence electrons. The second-order valence-electron chi connectivity index (χ2n) is 3.68. The second kappa shape index (κ2) is 5.62. The average molecular weight is 380 g/mol. The molecule has 0 saturated carbocycles. The van der Waals surface area contributed by atoms with Crippen molar-refractivity contribution in [3.05, 3.63) is 37.2 Å². The minimum absolute atomic E-state index is 0.0572. The first-order chi connectivity index (χ1) is 8.10. The first kappa shape index (κ1) is 13.2. The number of nitrogens with zero attached hydrogens (tertiary/aromatic N) is 2. The maximum atomic E-state index is 5.62. The lowest BCUT2D eigenvalue weighted by molar-refractivity contribution is 0.541. The van der Waals surface area contributed by atoms with Gasteiger partial charge in [0.25, 0.3) is 0 Å². The topological polar surface area (TPSA) is 55.9 Å². The quantitative estimate of drug-likeness (QED) is 0.634. The fraction of sp³-hybridized carbons (Fsp3) is 0.300. The fourth-order valence-electron chi connectivity index (χ4n) is 1.63. The molecular weight excluding hydrogens is 368 g/mol. The van der Waals surface area contributed by atoms with Crippen LogP contribution in [-0.4, -0.2) is 9.78 Å². The standard InChI is InChI=1S/C10H12Br2N4S/c1-16-3-2-6(15-16)4-8(14-13)7-5-9(11)17-10(7)12/h2-3,5,8,14H,4,13H2,1H3. The number of hydrogen-bond donors (Lipinski definition) is 2. The van der Waals surface area contributed by atoms with E-state index in [2.05, 4.69) is 48.5 Å². The van der Waals surface area contributed by atoms with Crippen LogP contribution in [0.1, 0.15) is 17.3 Å². The van der Waals surface area contributed by atoms with Crippen molar-refractivity contribution in [2.45, 2.75) is 12.5 Å². The van der Waals surface area contributed by atoms with Crippen LogP contribution in [0.15, 0.2) is 25.9 Å². The van der Waals surface area contributed by atoms with E-state index in [0.29, 0.717) is 0 Å². The van der Waals surface area contributed by atoms with Crippen molar-refractivity contribution in [1.29, 1.82) is 0 Å². The van der Waals surface area contributed by atoms with Gasteiger partial charge >= 0.3 is 0 Å². The van der Waals surface area contributed by atoms with Gasteiger partial charge in [0.05, 0.1) is 19.3 Å². The molecule has 1 atom stereocenters. The van der Waals surface area contributed by atoms with Gasteiger partial charge in [-0.15, -0.1) is 11.3 Å². The van der Waals surface area contributed by atoms with Crippen LogP contribution in [0.2, 0.25) is 0 Å². The lowest BCUT2D eigenvalue weighted by Gasteiger charge is -2.13. The van der Waals surface area contributed by atoms with E-state index < -0.39 is 0 Å². The zero-order valence-electron chi connectivity index (χ0n) is 9.15. The molecule has 0 spiro atoms. The number of aryl methyl sites for hydroxylation is 1. The van der Waals surface area contributed by atoms with Gasteiger partial charge < -0.3 is 0 Å². The Balaban J connectivity index is 2.19. The zero-order valence-corrected chi connectivity index (χ0v) is 13.1. The van der Waals surface area contributed by atoms with Crippen molar-refractivity contribution in [1.82, 2.24) is 15.2 Å². The van der Waals surface area contributed by atoms with Gasteiger partial charge in [0, 0.05) is 19.7 Å². The lowest BCUT2D eigenvalue weighted by Crippen LogP contribution is -2.29. The molecule has 0 aliphatic heterocycles. The molecule has 2 heterocycles. The third-order valence-corrected chi connectivity index (χ3v) is 4.83. The minimum Gasteiger partial charge on any atom is -0.276 e. The van der Waals surface area contributed by atoms with Crippen LogP contribution in [0, 0.1) is 0 Å². The summed E-state index contributed by atoms with van der Waals surface area (Å²) in [6.07, 6.45) is 2.70. The van der Waals surface area contributed by atoms with Gasteiger partial charge in [-0.05, 0) is 49.6 Å². The molecule has 0 amide bonds. The highest BCUT2D eigenvalue weighted by molar-refractivity contribution is 9.12. The molecule has 0 aliphatic rings. The van der Waals surface area contributed by atoms with Gasteiger partial charge in [-0.3, -0.25) is 16.0 Å². The summed E-state index contributed by atoms with van der Waals surface area (Å²) in [5, 5.41) is 4.36. The summed E-state index contributed by atoms with van der Waals surface area (Å²) in [5.41, 5.74) is 5.00. The summed E-state index contributed by atoms with van der Waals surface area (Å²) in [6.45, 7) is 0. The normalized spacial score (nSPS) is 12.9. The maximum Gasteiger partial charge on any atom is 0.0758 e. The Hall–Kier alpha value is -0.210. The van der Waals surface area contributed by atoms with Crippen LogP contribution in [-0.2, 0) is 13.5 Å². The molecule has 4 nitrogen and oxygen atoms in total. The molecule has 0 radical (unpaired) electrons. The highest BCUT2D eigenvalue weighted by atomic mass is 79.9. The number of nitrogens with two attached hydrogens (primary N) is 1. The number of hydrogen-bond acceptors (Lipinski definition) is 4. The smallest absolute Gasteiger partial charge is 0.0758 e. The Labute approximate surface area is 120 Å². The van der Waals surface area contributed by atoms with Gasteiger partial charge in [0.2, 0.25) is 0 Å². The molecule has 3 N–H and O–H groups in total.